The van der Waals surface area contributed by atoms with Gasteiger partial charge in [0.25, 0.3) is 5.91 Å². The maximum atomic E-state index is 13.1. The fourth-order valence-electron chi connectivity index (χ4n) is 2.49. The highest BCUT2D eigenvalue weighted by molar-refractivity contribution is 5.94. The van der Waals surface area contributed by atoms with Gasteiger partial charge in [0.2, 0.25) is 0 Å². The molecule has 0 spiro atoms. The summed E-state index contributed by atoms with van der Waals surface area (Å²) in [5.74, 6) is 0.215. The first-order valence-corrected chi connectivity index (χ1v) is 7.11. The predicted octanol–water partition coefficient (Wildman–Crippen LogP) is 2.91. The topological polar surface area (TPSA) is 46.9 Å². The van der Waals surface area contributed by atoms with Gasteiger partial charge in [-0.3, -0.25) is 4.79 Å². The standard InChI is InChI=1S/C17H16FN3O/c1-12-20-15-7-2-3-8-16(15)21(12)10-9-19-17(22)13-5-4-6-14(18)11-13/h2-8,11H,9-10H2,1H3,(H,19,22). The Bertz CT molecular complexity index is 826. The number of amides is 1. The number of fused-ring (bicyclic) bond motifs is 1. The number of carbonyl (C=O) groups excluding carboxylic acids is 1. The SMILES string of the molecule is Cc1nc2ccccc2n1CCNC(=O)c1cccc(F)c1. The molecule has 0 aliphatic carbocycles. The number of aromatic nitrogens is 2. The summed E-state index contributed by atoms with van der Waals surface area (Å²) in [7, 11) is 0. The second-order valence-corrected chi connectivity index (χ2v) is 5.07. The molecule has 0 unspecified atom stereocenters. The Morgan fingerprint density at radius 2 is 2.05 bits per heavy atom. The van der Waals surface area contributed by atoms with Crippen molar-refractivity contribution in [1.29, 1.82) is 0 Å². The van der Waals surface area contributed by atoms with Gasteiger partial charge in [-0.05, 0) is 37.3 Å². The minimum atomic E-state index is -0.413. The zero-order chi connectivity index (χ0) is 15.5. The lowest BCUT2D eigenvalue weighted by atomic mass is 10.2. The highest BCUT2D eigenvalue weighted by Crippen LogP contribution is 2.14. The van der Waals surface area contributed by atoms with E-state index in [2.05, 4.69) is 14.9 Å². The lowest BCUT2D eigenvalue weighted by Gasteiger charge is -2.08. The van der Waals surface area contributed by atoms with Crippen LogP contribution in [0.2, 0.25) is 0 Å². The molecular weight excluding hydrogens is 281 g/mol. The van der Waals surface area contributed by atoms with E-state index in [4.69, 9.17) is 0 Å². The van der Waals surface area contributed by atoms with Crippen LogP contribution in [0.4, 0.5) is 4.39 Å². The Balaban J connectivity index is 1.67. The smallest absolute Gasteiger partial charge is 0.251 e. The van der Waals surface area contributed by atoms with E-state index in [1.807, 2.05) is 31.2 Å². The van der Waals surface area contributed by atoms with Crippen LogP contribution in [0.3, 0.4) is 0 Å². The van der Waals surface area contributed by atoms with Crippen molar-refractivity contribution in [3.63, 3.8) is 0 Å². The number of halogens is 1. The maximum absolute atomic E-state index is 13.1. The number of aryl methyl sites for hydroxylation is 1. The highest BCUT2D eigenvalue weighted by Gasteiger charge is 2.08. The first-order valence-electron chi connectivity index (χ1n) is 7.11. The molecule has 0 aliphatic heterocycles. The van der Waals surface area contributed by atoms with Crippen LogP contribution in [0, 0.1) is 12.7 Å². The second kappa shape index (κ2) is 5.97. The zero-order valence-corrected chi connectivity index (χ0v) is 12.2. The summed E-state index contributed by atoms with van der Waals surface area (Å²) in [5.41, 5.74) is 2.31. The molecule has 1 amide bonds. The minimum Gasteiger partial charge on any atom is -0.350 e. The van der Waals surface area contributed by atoms with Gasteiger partial charge in [-0.25, -0.2) is 9.37 Å². The molecule has 3 aromatic rings. The van der Waals surface area contributed by atoms with Crippen molar-refractivity contribution >= 4 is 16.9 Å². The first kappa shape index (κ1) is 14.3. The van der Waals surface area contributed by atoms with E-state index in [0.717, 1.165) is 16.9 Å². The van der Waals surface area contributed by atoms with Gasteiger partial charge in [-0.1, -0.05) is 18.2 Å². The number of nitrogens with zero attached hydrogens (tertiary/aromatic N) is 2. The van der Waals surface area contributed by atoms with Crippen LogP contribution in [-0.2, 0) is 6.54 Å². The van der Waals surface area contributed by atoms with Gasteiger partial charge in [-0.2, -0.15) is 0 Å². The Labute approximate surface area is 127 Å². The van der Waals surface area contributed by atoms with E-state index in [9.17, 15) is 9.18 Å². The minimum absolute atomic E-state index is 0.276. The lowest BCUT2D eigenvalue weighted by Crippen LogP contribution is -2.27. The number of hydrogen-bond acceptors (Lipinski definition) is 2. The quantitative estimate of drug-likeness (QED) is 0.805. The average Bonchev–Trinajstić information content (AvgIpc) is 2.83. The molecule has 0 aliphatic rings. The molecule has 0 saturated heterocycles. The van der Waals surface area contributed by atoms with Crippen LogP contribution in [0.15, 0.2) is 48.5 Å². The summed E-state index contributed by atoms with van der Waals surface area (Å²) in [6.45, 7) is 3.01. The number of nitrogens with one attached hydrogen (secondary N) is 1. The van der Waals surface area contributed by atoms with Gasteiger partial charge in [0.15, 0.2) is 0 Å². The molecule has 1 N–H and O–H groups in total. The van der Waals surface area contributed by atoms with Gasteiger partial charge < -0.3 is 9.88 Å². The molecule has 0 radical (unpaired) electrons. The third-order valence-corrected chi connectivity index (χ3v) is 3.55. The number of hydrogen-bond donors (Lipinski definition) is 1. The fourth-order valence-corrected chi connectivity index (χ4v) is 2.49. The van der Waals surface area contributed by atoms with Crippen LogP contribution in [-0.4, -0.2) is 22.0 Å². The van der Waals surface area contributed by atoms with Gasteiger partial charge in [0, 0.05) is 18.7 Å². The largest absolute Gasteiger partial charge is 0.350 e. The molecule has 2 aromatic carbocycles. The average molecular weight is 297 g/mol. The predicted molar refractivity (Wildman–Crippen MR) is 83.2 cm³/mol. The highest BCUT2D eigenvalue weighted by atomic mass is 19.1. The fraction of sp³-hybridized carbons (Fsp3) is 0.176. The van der Waals surface area contributed by atoms with Crippen LogP contribution >= 0.6 is 0 Å². The molecule has 0 fully saturated rings. The summed E-state index contributed by atoms with van der Waals surface area (Å²) < 4.78 is 15.2. The number of para-hydroxylation sites is 2. The molecule has 5 heteroatoms. The van der Waals surface area contributed by atoms with E-state index in [-0.39, 0.29) is 5.91 Å². The normalized spacial score (nSPS) is 10.8. The Morgan fingerprint density at radius 3 is 2.86 bits per heavy atom. The van der Waals surface area contributed by atoms with Crippen molar-refractivity contribution in [2.24, 2.45) is 0 Å². The summed E-state index contributed by atoms with van der Waals surface area (Å²) in [6.07, 6.45) is 0. The summed E-state index contributed by atoms with van der Waals surface area (Å²) in [5, 5.41) is 2.80. The van der Waals surface area contributed by atoms with Gasteiger partial charge >= 0.3 is 0 Å². The van der Waals surface area contributed by atoms with Crippen LogP contribution in [0.5, 0.6) is 0 Å². The van der Waals surface area contributed by atoms with Crippen molar-refractivity contribution in [2.75, 3.05) is 6.54 Å². The molecule has 112 valence electrons. The van der Waals surface area contributed by atoms with Crippen molar-refractivity contribution in [1.82, 2.24) is 14.9 Å². The number of imidazole rings is 1. The molecule has 0 bridgehead atoms. The van der Waals surface area contributed by atoms with Crippen molar-refractivity contribution in [3.8, 4) is 0 Å². The first-order chi connectivity index (χ1) is 10.6. The summed E-state index contributed by atoms with van der Waals surface area (Å²) >= 11 is 0. The van der Waals surface area contributed by atoms with E-state index >= 15 is 0 Å². The van der Waals surface area contributed by atoms with Crippen molar-refractivity contribution in [2.45, 2.75) is 13.5 Å². The molecule has 22 heavy (non-hydrogen) atoms. The van der Waals surface area contributed by atoms with Gasteiger partial charge in [0.05, 0.1) is 11.0 Å². The molecule has 3 rings (SSSR count). The molecule has 1 aromatic heterocycles. The molecule has 4 nitrogen and oxygen atoms in total. The van der Waals surface area contributed by atoms with E-state index in [1.54, 1.807) is 6.07 Å². The van der Waals surface area contributed by atoms with Gasteiger partial charge in [0.1, 0.15) is 11.6 Å². The Hall–Kier alpha value is -2.69. The Morgan fingerprint density at radius 1 is 1.23 bits per heavy atom. The van der Waals surface area contributed by atoms with E-state index in [0.29, 0.717) is 18.7 Å². The third kappa shape index (κ3) is 2.83. The summed E-state index contributed by atoms with van der Waals surface area (Å²) in [4.78, 5) is 16.5. The molecule has 0 saturated carbocycles. The maximum Gasteiger partial charge on any atom is 0.251 e. The Kier molecular flexibility index (Phi) is 3.87. The number of rotatable bonds is 4. The van der Waals surface area contributed by atoms with Crippen LogP contribution in [0.25, 0.3) is 11.0 Å². The van der Waals surface area contributed by atoms with E-state index < -0.39 is 5.82 Å². The van der Waals surface area contributed by atoms with Crippen LogP contribution < -0.4 is 5.32 Å². The zero-order valence-electron chi connectivity index (χ0n) is 12.2. The van der Waals surface area contributed by atoms with Crippen LogP contribution in [0.1, 0.15) is 16.2 Å². The van der Waals surface area contributed by atoms with Crippen molar-refractivity contribution in [3.05, 3.63) is 65.7 Å². The molecule has 0 atom stereocenters. The lowest BCUT2D eigenvalue weighted by molar-refractivity contribution is 0.0952. The van der Waals surface area contributed by atoms with E-state index in [1.165, 1.54) is 18.2 Å². The molecule has 1 heterocycles. The van der Waals surface area contributed by atoms with Gasteiger partial charge in [-0.15, -0.1) is 0 Å². The van der Waals surface area contributed by atoms with Crippen molar-refractivity contribution < 1.29 is 9.18 Å². The molecular formula is C17H16FN3O. The number of carbonyl (C=O) groups is 1. The number of benzene rings is 2. The third-order valence-electron chi connectivity index (χ3n) is 3.55. The monoisotopic (exact) mass is 297 g/mol. The second-order valence-electron chi connectivity index (χ2n) is 5.07. The summed E-state index contributed by atoms with van der Waals surface area (Å²) in [6, 6.07) is 13.5.